The third-order valence-corrected chi connectivity index (χ3v) is 6.22. The minimum atomic E-state index is -0.883. The summed E-state index contributed by atoms with van der Waals surface area (Å²) in [4.78, 5) is 46.9. The van der Waals surface area contributed by atoms with Crippen LogP contribution in [0.5, 0.6) is 0 Å². The normalized spacial score (nSPS) is 17.2. The Morgan fingerprint density at radius 3 is 2.61 bits per heavy atom. The van der Waals surface area contributed by atoms with Crippen LogP contribution in [0.2, 0.25) is 0 Å². The Labute approximate surface area is 190 Å². The summed E-state index contributed by atoms with van der Waals surface area (Å²) in [7, 11) is 1.23. The first-order valence-electron chi connectivity index (χ1n) is 10.9. The van der Waals surface area contributed by atoms with Gasteiger partial charge in [-0.3, -0.25) is 14.6 Å². The fourth-order valence-electron chi connectivity index (χ4n) is 4.10. The van der Waals surface area contributed by atoms with E-state index in [1.165, 1.54) is 31.8 Å². The largest absolute Gasteiger partial charge is 0.465 e. The lowest BCUT2D eigenvalue weighted by molar-refractivity contribution is -0.124. The van der Waals surface area contributed by atoms with Crippen LogP contribution in [0.25, 0.3) is 0 Å². The van der Waals surface area contributed by atoms with Crippen molar-refractivity contribution in [1.29, 1.82) is 0 Å². The third-order valence-electron chi connectivity index (χ3n) is 6.22. The Hall–Kier alpha value is -3.56. The molecule has 1 aromatic carbocycles. The molecule has 1 aromatic heterocycles. The molecule has 2 heterocycles. The van der Waals surface area contributed by atoms with Gasteiger partial charge >= 0.3 is 5.97 Å². The van der Waals surface area contributed by atoms with E-state index in [4.69, 9.17) is 4.74 Å². The molecule has 0 radical (unpaired) electrons. The lowest BCUT2D eigenvalue weighted by atomic mass is 9.95. The highest BCUT2D eigenvalue weighted by Crippen LogP contribution is 2.36. The zero-order valence-electron chi connectivity index (χ0n) is 18.3. The van der Waals surface area contributed by atoms with Crippen LogP contribution in [0.15, 0.2) is 36.8 Å². The summed E-state index contributed by atoms with van der Waals surface area (Å²) in [6.07, 6.45) is 6.98. The van der Waals surface area contributed by atoms with E-state index in [1.807, 2.05) is 4.90 Å². The third kappa shape index (κ3) is 4.94. The fourth-order valence-corrected chi connectivity index (χ4v) is 4.10. The van der Waals surface area contributed by atoms with E-state index >= 15 is 0 Å². The van der Waals surface area contributed by atoms with E-state index in [-0.39, 0.29) is 23.1 Å². The maximum absolute atomic E-state index is 14.2. The molecule has 0 bridgehead atoms. The van der Waals surface area contributed by atoms with Gasteiger partial charge in [0.1, 0.15) is 22.6 Å². The summed E-state index contributed by atoms with van der Waals surface area (Å²) in [5, 5.41) is 5.76. The Morgan fingerprint density at radius 1 is 1.21 bits per heavy atom. The van der Waals surface area contributed by atoms with Crippen molar-refractivity contribution >= 4 is 23.5 Å². The number of hydrogen-bond donors (Lipinski definition) is 2. The number of piperidine rings is 1. The maximum Gasteiger partial charge on any atom is 0.342 e. The summed E-state index contributed by atoms with van der Waals surface area (Å²) >= 11 is 0. The van der Waals surface area contributed by atoms with Crippen molar-refractivity contribution in [3.8, 4) is 0 Å². The molecule has 0 unspecified atom stereocenters. The molecule has 1 aliphatic heterocycles. The summed E-state index contributed by atoms with van der Waals surface area (Å²) < 4.78 is 19.0. The molecule has 2 amide bonds. The number of hydrogen-bond acceptors (Lipinski definition) is 7. The fraction of sp³-hybridized carbons (Fsp3) is 0.435. The van der Waals surface area contributed by atoms with Crippen LogP contribution in [0.1, 0.15) is 46.5 Å². The summed E-state index contributed by atoms with van der Waals surface area (Å²) in [5.74, 6) is -1.67. The summed E-state index contributed by atoms with van der Waals surface area (Å²) in [6, 6.07) is 4.54. The van der Waals surface area contributed by atoms with Gasteiger partial charge in [-0.2, -0.15) is 0 Å². The highest BCUT2D eigenvalue weighted by atomic mass is 19.1. The second kappa shape index (κ2) is 9.51. The number of ether oxygens (including phenoxy) is 1. The number of nitrogens with zero attached hydrogens (tertiary/aromatic N) is 3. The van der Waals surface area contributed by atoms with Crippen LogP contribution in [0, 0.1) is 11.7 Å². The van der Waals surface area contributed by atoms with Gasteiger partial charge in [0.15, 0.2) is 0 Å². The predicted molar refractivity (Wildman–Crippen MR) is 117 cm³/mol. The lowest BCUT2D eigenvalue weighted by Gasteiger charge is -2.34. The van der Waals surface area contributed by atoms with Crippen LogP contribution in [0.4, 0.5) is 10.1 Å². The number of amides is 2. The van der Waals surface area contributed by atoms with Crippen molar-refractivity contribution in [3.05, 3.63) is 53.9 Å². The number of benzene rings is 1. The quantitative estimate of drug-likeness (QED) is 0.611. The topological polar surface area (TPSA) is 114 Å². The number of methoxy groups -OCH3 is 1. The molecule has 1 saturated carbocycles. The standard InChI is InChI=1S/C23H26FN5O4/c1-33-21(31)19-16(24)3-2-4-18(19)29-11-5-15(6-12-29)13-27-22(32)23(7-8-23)28-20(30)17-14-25-9-10-26-17/h2-4,9-10,14-15H,5-8,11-13H2,1H3,(H,27,32)(H,28,30). The molecular formula is C23H26FN5O4. The van der Waals surface area contributed by atoms with E-state index in [9.17, 15) is 18.8 Å². The number of esters is 1. The molecule has 2 aromatic rings. The molecular weight excluding hydrogens is 429 g/mol. The van der Waals surface area contributed by atoms with Gasteiger partial charge in [0.2, 0.25) is 5.91 Å². The smallest absolute Gasteiger partial charge is 0.342 e. The minimum absolute atomic E-state index is 0.0544. The Bertz CT molecular complexity index is 1040. The van der Waals surface area contributed by atoms with Gasteiger partial charge in [0.25, 0.3) is 5.91 Å². The first-order chi connectivity index (χ1) is 15.9. The molecule has 0 atom stereocenters. The maximum atomic E-state index is 14.2. The molecule has 10 heteroatoms. The van der Waals surface area contributed by atoms with Gasteiger partial charge in [-0.05, 0) is 43.7 Å². The molecule has 33 heavy (non-hydrogen) atoms. The van der Waals surface area contributed by atoms with Crippen LogP contribution in [-0.2, 0) is 9.53 Å². The van der Waals surface area contributed by atoms with Crippen LogP contribution >= 0.6 is 0 Å². The Balaban J connectivity index is 1.29. The molecule has 1 saturated heterocycles. The molecule has 0 spiro atoms. The monoisotopic (exact) mass is 455 g/mol. The van der Waals surface area contributed by atoms with E-state index in [0.29, 0.717) is 38.2 Å². The van der Waals surface area contributed by atoms with Crippen LogP contribution in [-0.4, -0.2) is 60.0 Å². The number of carbonyl (C=O) groups is 3. The first-order valence-corrected chi connectivity index (χ1v) is 10.9. The van der Waals surface area contributed by atoms with E-state index in [2.05, 4.69) is 20.6 Å². The number of carbonyl (C=O) groups excluding carboxylic acids is 3. The number of aromatic nitrogens is 2. The van der Waals surface area contributed by atoms with Crippen molar-refractivity contribution in [2.24, 2.45) is 5.92 Å². The molecule has 9 nitrogen and oxygen atoms in total. The number of rotatable bonds is 7. The Kier molecular flexibility index (Phi) is 6.52. The van der Waals surface area contributed by atoms with E-state index in [0.717, 1.165) is 12.8 Å². The minimum Gasteiger partial charge on any atom is -0.465 e. The van der Waals surface area contributed by atoms with Crippen molar-refractivity contribution in [3.63, 3.8) is 0 Å². The highest BCUT2D eigenvalue weighted by Gasteiger charge is 2.51. The average Bonchev–Trinajstić information content (AvgIpc) is 3.63. The highest BCUT2D eigenvalue weighted by molar-refractivity contribution is 5.99. The first kappa shape index (κ1) is 22.6. The zero-order chi connectivity index (χ0) is 23.4. The SMILES string of the molecule is COC(=O)c1c(F)cccc1N1CCC(CNC(=O)C2(NC(=O)c3cnccn3)CC2)CC1. The molecule has 2 fully saturated rings. The van der Waals surface area contributed by atoms with Crippen molar-refractivity contribution in [2.45, 2.75) is 31.2 Å². The molecule has 4 rings (SSSR count). The van der Waals surface area contributed by atoms with Gasteiger partial charge in [-0.1, -0.05) is 6.07 Å². The van der Waals surface area contributed by atoms with E-state index in [1.54, 1.807) is 12.1 Å². The van der Waals surface area contributed by atoms with Gasteiger partial charge in [0.05, 0.1) is 19.0 Å². The second-order valence-corrected chi connectivity index (χ2v) is 8.39. The summed E-state index contributed by atoms with van der Waals surface area (Å²) in [5.41, 5.74) is -0.242. The van der Waals surface area contributed by atoms with Crippen LogP contribution < -0.4 is 15.5 Å². The Morgan fingerprint density at radius 2 is 1.97 bits per heavy atom. The lowest BCUT2D eigenvalue weighted by Crippen LogP contribution is -2.50. The second-order valence-electron chi connectivity index (χ2n) is 8.39. The van der Waals surface area contributed by atoms with E-state index < -0.39 is 23.2 Å². The van der Waals surface area contributed by atoms with Crippen LogP contribution in [0.3, 0.4) is 0 Å². The number of anilines is 1. The van der Waals surface area contributed by atoms with Crippen molar-refractivity contribution < 1.29 is 23.5 Å². The molecule has 2 aliphatic rings. The van der Waals surface area contributed by atoms with Gasteiger partial charge in [-0.15, -0.1) is 0 Å². The number of nitrogens with one attached hydrogen (secondary N) is 2. The molecule has 2 N–H and O–H groups in total. The predicted octanol–water partition coefficient (Wildman–Crippen LogP) is 1.70. The van der Waals surface area contributed by atoms with Gasteiger partial charge < -0.3 is 20.3 Å². The van der Waals surface area contributed by atoms with Gasteiger partial charge in [0, 0.05) is 32.0 Å². The average molecular weight is 455 g/mol. The number of halogens is 1. The summed E-state index contributed by atoms with van der Waals surface area (Å²) in [6.45, 7) is 1.74. The van der Waals surface area contributed by atoms with Gasteiger partial charge in [-0.25, -0.2) is 14.2 Å². The molecule has 1 aliphatic carbocycles. The zero-order valence-corrected chi connectivity index (χ0v) is 18.3. The van der Waals surface area contributed by atoms with Crippen molar-refractivity contribution in [2.75, 3.05) is 31.6 Å². The van der Waals surface area contributed by atoms with Crippen molar-refractivity contribution in [1.82, 2.24) is 20.6 Å². The molecule has 174 valence electrons.